The van der Waals surface area contributed by atoms with E-state index in [4.69, 9.17) is 4.74 Å². The number of nitrogens with zero attached hydrogens (tertiary/aromatic N) is 1. The van der Waals surface area contributed by atoms with Crippen molar-refractivity contribution in [1.82, 2.24) is 4.57 Å². The lowest BCUT2D eigenvalue weighted by Crippen LogP contribution is -2.25. The number of rotatable bonds is 7. The zero-order chi connectivity index (χ0) is 22.1. The quantitative estimate of drug-likeness (QED) is 0.715. The van der Waals surface area contributed by atoms with E-state index in [2.05, 4.69) is 11.6 Å². The lowest BCUT2D eigenvalue weighted by molar-refractivity contribution is 0.256. The van der Waals surface area contributed by atoms with E-state index in [1.165, 1.54) is 16.7 Å². The number of fused-ring (bicyclic) bond motifs is 1. The van der Waals surface area contributed by atoms with E-state index in [-0.39, 0.29) is 17.2 Å². The average Bonchev–Trinajstić information content (AvgIpc) is 2.69. The normalized spacial score (nSPS) is 14.8. The fourth-order valence-electron chi connectivity index (χ4n) is 3.73. The van der Waals surface area contributed by atoms with Gasteiger partial charge in [-0.05, 0) is 43.2 Å². The molecule has 164 valence electrons. The Hall–Kier alpha value is -2.35. The Morgan fingerprint density at radius 1 is 1.20 bits per heavy atom. The van der Waals surface area contributed by atoms with Crippen molar-refractivity contribution in [2.45, 2.75) is 46.0 Å². The van der Waals surface area contributed by atoms with Gasteiger partial charge < -0.3 is 9.30 Å². The van der Waals surface area contributed by atoms with Crippen LogP contribution in [0.2, 0.25) is 0 Å². The van der Waals surface area contributed by atoms with Crippen molar-refractivity contribution >= 4 is 15.7 Å². The molecule has 0 saturated heterocycles. The Morgan fingerprint density at radius 3 is 2.50 bits per heavy atom. The van der Waals surface area contributed by atoms with E-state index in [0.717, 1.165) is 48.6 Å². The Balaban J connectivity index is 2.22. The molecule has 0 spiro atoms. The van der Waals surface area contributed by atoms with Crippen LogP contribution in [0.25, 0.3) is 11.1 Å². The van der Waals surface area contributed by atoms with E-state index < -0.39 is 15.8 Å². The molecule has 1 aromatic carbocycles. The van der Waals surface area contributed by atoms with Crippen molar-refractivity contribution in [3.8, 4) is 16.9 Å². The van der Waals surface area contributed by atoms with Crippen LogP contribution in [0.15, 0.2) is 23.1 Å². The number of aryl methyl sites for hydroxylation is 1. The summed E-state index contributed by atoms with van der Waals surface area (Å²) < 4.78 is 47.9. The number of hydrogen-bond acceptors (Lipinski definition) is 4. The van der Waals surface area contributed by atoms with E-state index >= 15 is 0 Å². The Bertz CT molecular complexity index is 1110. The number of sulfonamides is 1. The highest BCUT2D eigenvalue weighted by Crippen LogP contribution is 2.39. The van der Waals surface area contributed by atoms with Crippen LogP contribution in [0.4, 0.5) is 10.1 Å². The molecule has 1 aromatic heterocycles. The van der Waals surface area contributed by atoms with E-state index in [1.807, 2.05) is 6.92 Å². The standard InChI is InChI=1S/C22H29FN2O4S/c1-5-14(2)13-29-21-11-19(23)20(24-30(4,27)28)10-17(21)18-12-25(3)22(26)16-9-7-6-8-15(16)18/h10-12,14,24H,5-9,13H2,1-4H3. The second-order valence-corrected chi connectivity index (χ2v) is 9.90. The highest BCUT2D eigenvalue weighted by atomic mass is 32.2. The SMILES string of the molecule is CCC(C)COc1cc(F)c(NS(C)(=O)=O)cc1-c1cn(C)c(=O)c2c1CCCC2. The van der Waals surface area contributed by atoms with Crippen molar-refractivity contribution in [3.63, 3.8) is 0 Å². The largest absolute Gasteiger partial charge is 0.493 e. The van der Waals surface area contributed by atoms with Crippen molar-refractivity contribution in [2.75, 3.05) is 17.6 Å². The zero-order valence-electron chi connectivity index (χ0n) is 17.9. The van der Waals surface area contributed by atoms with Crippen LogP contribution in [-0.4, -0.2) is 25.8 Å². The van der Waals surface area contributed by atoms with Gasteiger partial charge in [-0.2, -0.15) is 0 Å². The molecule has 1 N–H and O–H groups in total. The minimum atomic E-state index is -3.66. The first-order valence-corrected chi connectivity index (χ1v) is 12.2. The zero-order valence-corrected chi connectivity index (χ0v) is 18.7. The predicted molar refractivity (Wildman–Crippen MR) is 117 cm³/mol. The van der Waals surface area contributed by atoms with E-state index in [0.29, 0.717) is 24.3 Å². The molecular formula is C22H29FN2O4S. The molecule has 0 amide bonds. The minimum Gasteiger partial charge on any atom is -0.493 e. The van der Waals surface area contributed by atoms with Crippen LogP contribution >= 0.6 is 0 Å². The first-order chi connectivity index (χ1) is 14.1. The molecule has 1 heterocycles. The Kier molecular flexibility index (Phi) is 6.55. The molecule has 0 aliphatic heterocycles. The molecule has 0 bridgehead atoms. The van der Waals surface area contributed by atoms with Gasteiger partial charge in [0.2, 0.25) is 10.0 Å². The number of pyridine rings is 1. The first kappa shape index (κ1) is 22.3. The van der Waals surface area contributed by atoms with Gasteiger partial charge in [0.1, 0.15) is 5.75 Å². The molecule has 3 rings (SSSR count). The van der Waals surface area contributed by atoms with Gasteiger partial charge in [-0.15, -0.1) is 0 Å². The van der Waals surface area contributed by atoms with E-state index in [1.54, 1.807) is 13.2 Å². The lowest BCUT2D eigenvalue weighted by atomic mass is 9.87. The maximum Gasteiger partial charge on any atom is 0.253 e. The number of aromatic nitrogens is 1. The van der Waals surface area contributed by atoms with Gasteiger partial charge in [0, 0.05) is 36.0 Å². The number of ether oxygens (including phenoxy) is 1. The molecule has 8 heteroatoms. The molecule has 0 saturated carbocycles. The molecule has 1 atom stereocenters. The fraction of sp³-hybridized carbons (Fsp3) is 0.500. The molecule has 6 nitrogen and oxygen atoms in total. The predicted octanol–water partition coefficient (Wildman–Crippen LogP) is 3.87. The highest BCUT2D eigenvalue weighted by molar-refractivity contribution is 7.92. The molecular weight excluding hydrogens is 407 g/mol. The number of halogens is 1. The highest BCUT2D eigenvalue weighted by Gasteiger charge is 2.23. The van der Waals surface area contributed by atoms with Crippen molar-refractivity contribution < 1.29 is 17.5 Å². The van der Waals surface area contributed by atoms with Crippen molar-refractivity contribution in [2.24, 2.45) is 13.0 Å². The number of benzene rings is 1. The summed E-state index contributed by atoms with van der Waals surface area (Å²) >= 11 is 0. The maximum absolute atomic E-state index is 14.7. The van der Waals surface area contributed by atoms with Gasteiger partial charge in [-0.25, -0.2) is 12.8 Å². The smallest absolute Gasteiger partial charge is 0.253 e. The van der Waals surface area contributed by atoms with Gasteiger partial charge >= 0.3 is 0 Å². The second kappa shape index (κ2) is 8.79. The summed E-state index contributed by atoms with van der Waals surface area (Å²) in [4.78, 5) is 12.6. The summed E-state index contributed by atoms with van der Waals surface area (Å²) in [7, 11) is -1.97. The summed E-state index contributed by atoms with van der Waals surface area (Å²) in [6.07, 6.45) is 7.00. The van der Waals surface area contributed by atoms with Gasteiger partial charge in [0.25, 0.3) is 5.56 Å². The molecule has 30 heavy (non-hydrogen) atoms. The van der Waals surface area contributed by atoms with Crippen LogP contribution in [0.5, 0.6) is 5.75 Å². The minimum absolute atomic E-state index is 0.0212. The summed E-state index contributed by atoms with van der Waals surface area (Å²) in [5, 5.41) is 0. The second-order valence-electron chi connectivity index (χ2n) is 8.15. The van der Waals surface area contributed by atoms with Crippen LogP contribution in [-0.2, 0) is 29.9 Å². The van der Waals surface area contributed by atoms with Crippen LogP contribution in [0.3, 0.4) is 0 Å². The third kappa shape index (κ3) is 4.86. The molecule has 0 fully saturated rings. The number of anilines is 1. The first-order valence-electron chi connectivity index (χ1n) is 10.3. The molecule has 1 aliphatic rings. The molecule has 2 aromatic rings. The Labute approximate surface area is 177 Å². The number of hydrogen-bond donors (Lipinski definition) is 1. The fourth-order valence-corrected chi connectivity index (χ4v) is 4.28. The summed E-state index contributed by atoms with van der Waals surface area (Å²) in [6.45, 7) is 4.51. The monoisotopic (exact) mass is 436 g/mol. The molecule has 1 aliphatic carbocycles. The maximum atomic E-state index is 14.7. The van der Waals surface area contributed by atoms with Gasteiger partial charge in [0.15, 0.2) is 5.82 Å². The Morgan fingerprint density at radius 2 is 1.87 bits per heavy atom. The van der Waals surface area contributed by atoms with Crippen molar-refractivity contribution in [3.05, 3.63) is 45.6 Å². The topological polar surface area (TPSA) is 77.4 Å². The van der Waals surface area contributed by atoms with Crippen LogP contribution < -0.4 is 15.0 Å². The molecule has 0 radical (unpaired) electrons. The van der Waals surface area contributed by atoms with Crippen LogP contribution in [0.1, 0.15) is 44.2 Å². The number of nitrogens with one attached hydrogen (secondary N) is 1. The average molecular weight is 437 g/mol. The van der Waals surface area contributed by atoms with E-state index in [9.17, 15) is 17.6 Å². The third-order valence-electron chi connectivity index (χ3n) is 5.57. The van der Waals surface area contributed by atoms with Crippen LogP contribution in [0, 0.1) is 11.7 Å². The summed E-state index contributed by atoms with van der Waals surface area (Å²) in [5.74, 6) is -0.0796. The van der Waals surface area contributed by atoms with Crippen molar-refractivity contribution in [1.29, 1.82) is 0 Å². The summed E-state index contributed by atoms with van der Waals surface area (Å²) in [5.41, 5.74) is 2.92. The third-order valence-corrected chi connectivity index (χ3v) is 6.16. The van der Waals surface area contributed by atoms with Gasteiger partial charge in [-0.1, -0.05) is 20.3 Å². The van der Waals surface area contributed by atoms with Gasteiger partial charge in [0.05, 0.1) is 18.6 Å². The molecule has 1 unspecified atom stereocenters. The van der Waals surface area contributed by atoms with Gasteiger partial charge in [-0.3, -0.25) is 9.52 Å². The lowest BCUT2D eigenvalue weighted by Gasteiger charge is -2.23. The summed E-state index contributed by atoms with van der Waals surface area (Å²) in [6, 6.07) is 2.70.